The van der Waals surface area contributed by atoms with Crippen molar-refractivity contribution in [2.75, 3.05) is 5.32 Å². The summed E-state index contributed by atoms with van der Waals surface area (Å²) in [5, 5.41) is 6.65. The summed E-state index contributed by atoms with van der Waals surface area (Å²) in [6.45, 7) is 6.11. The maximum absolute atomic E-state index is 13.4. The number of aromatic nitrogens is 2. The predicted octanol–water partition coefficient (Wildman–Crippen LogP) is 5.52. The Kier molecular flexibility index (Phi) is 6.47. The van der Waals surface area contributed by atoms with E-state index in [2.05, 4.69) is 46.8 Å². The lowest BCUT2D eigenvalue weighted by Gasteiger charge is -2.24. The monoisotopic (exact) mass is 424 g/mol. The SMILES string of the molecule is Cc1ccc(C)c(NC(=O)[C@@H](N[C@H](C)c2ccc(-n3ccnc3)cc2)c2ccccc2)c1. The van der Waals surface area contributed by atoms with Crippen LogP contribution in [0.3, 0.4) is 0 Å². The van der Waals surface area contributed by atoms with Crippen LogP contribution in [0.2, 0.25) is 0 Å². The molecular weight excluding hydrogens is 396 g/mol. The van der Waals surface area contributed by atoms with Gasteiger partial charge in [0, 0.05) is 29.8 Å². The van der Waals surface area contributed by atoms with Gasteiger partial charge in [0.05, 0.1) is 6.33 Å². The number of anilines is 1. The number of benzene rings is 3. The Morgan fingerprint density at radius 2 is 1.69 bits per heavy atom. The average molecular weight is 425 g/mol. The second-order valence-electron chi connectivity index (χ2n) is 8.10. The molecule has 0 radical (unpaired) electrons. The van der Waals surface area contributed by atoms with Crippen molar-refractivity contribution in [1.82, 2.24) is 14.9 Å². The van der Waals surface area contributed by atoms with E-state index >= 15 is 0 Å². The highest BCUT2D eigenvalue weighted by molar-refractivity contribution is 5.96. The maximum atomic E-state index is 13.4. The van der Waals surface area contributed by atoms with Crippen molar-refractivity contribution in [2.24, 2.45) is 0 Å². The zero-order valence-electron chi connectivity index (χ0n) is 18.6. The molecule has 1 heterocycles. The highest BCUT2D eigenvalue weighted by Crippen LogP contribution is 2.24. The first-order valence-electron chi connectivity index (χ1n) is 10.8. The Morgan fingerprint density at radius 1 is 0.938 bits per heavy atom. The number of nitrogens with one attached hydrogen (secondary N) is 2. The molecule has 5 nitrogen and oxygen atoms in total. The third-order valence-electron chi connectivity index (χ3n) is 5.66. The van der Waals surface area contributed by atoms with Gasteiger partial charge in [-0.25, -0.2) is 4.98 Å². The Balaban J connectivity index is 1.55. The van der Waals surface area contributed by atoms with Crippen LogP contribution in [0.4, 0.5) is 5.69 Å². The van der Waals surface area contributed by atoms with Crippen LogP contribution in [0.25, 0.3) is 5.69 Å². The topological polar surface area (TPSA) is 59.0 Å². The van der Waals surface area contributed by atoms with E-state index in [1.807, 2.05) is 73.1 Å². The van der Waals surface area contributed by atoms with Gasteiger partial charge in [-0.2, -0.15) is 0 Å². The zero-order valence-corrected chi connectivity index (χ0v) is 18.6. The number of nitrogens with zero attached hydrogens (tertiary/aromatic N) is 2. The fraction of sp³-hybridized carbons (Fsp3) is 0.185. The van der Waals surface area contributed by atoms with Crippen LogP contribution < -0.4 is 10.6 Å². The van der Waals surface area contributed by atoms with Crippen LogP contribution in [0, 0.1) is 13.8 Å². The van der Waals surface area contributed by atoms with Crippen LogP contribution in [0.15, 0.2) is 91.5 Å². The molecule has 0 aliphatic heterocycles. The molecule has 0 aliphatic rings. The molecule has 4 rings (SSSR count). The van der Waals surface area contributed by atoms with Crippen molar-refractivity contribution >= 4 is 11.6 Å². The van der Waals surface area contributed by atoms with E-state index < -0.39 is 6.04 Å². The van der Waals surface area contributed by atoms with E-state index in [0.29, 0.717) is 0 Å². The lowest BCUT2D eigenvalue weighted by molar-refractivity contribution is -0.118. The van der Waals surface area contributed by atoms with Crippen molar-refractivity contribution in [3.63, 3.8) is 0 Å². The number of aryl methyl sites for hydroxylation is 2. The molecule has 2 N–H and O–H groups in total. The second kappa shape index (κ2) is 9.62. The summed E-state index contributed by atoms with van der Waals surface area (Å²) in [5.41, 5.74) is 6.08. The molecule has 0 unspecified atom stereocenters. The van der Waals surface area contributed by atoms with Gasteiger partial charge in [-0.3, -0.25) is 10.1 Å². The normalized spacial score (nSPS) is 12.8. The van der Waals surface area contributed by atoms with Gasteiger partial charge in [-0.05, 0) is 61.2 Å². The van der Waals surface area contributed by atoms with Gasteiger partial charge in [0.15, 0.2) is 0 Å². The summed E-state index contributed by atoms with van der Waals surface area (Å²) < 4.78 is 1.96. The first kappa shape index (κ1) is 21.5. The molecule has 4 aromatic rings. The van der Waals surface area contributed by atoms with E-state index in [9.17, 15) is 4.79 Å². The predicted molar refractivity (Wildman–Crippen MR) is 129 cm³/mol. The molecule has 5 heteroatoms. The molecule has 0 spiro atoms. The molecule has 1 aromatic heterocycles. The number of carbonyl (C=O) groups is 1. The Bertz CT molecular complexity index is 1170. The van der Waals surface area contributed by atoms with E-state index in [1.54, 1.807) is 12.5 Å². The summed E-state index contributed by atoms with van der Waals surface area (Å²) in [5.74, 6) is -0.0771. The zero-order chi connectivity index (χ0) is 22.5. The van der Waals surface area contributed by atoms with Crippen LogP contribution in [-0.4, -0.2) is 15.5 Å². The maximum Gasteiger partial charge on any atom is 0.246 e. The third kappa shape index (κ3) is 4.95. The van der Waals surface area contributed by atoms with E-state index in [1.165, 1.54) is 0 Å². The number of hydrogen-bond acceptors (Lipinski definition) is 3. The van der Waals surface area contributed by atoms with E-state index in [0.717, 1.165) is 33.6 Å². The molecule has 3 aromatic carbocycles. The quantitative estimate of drug-likeness (QED) is 0.411. The van der Waals surface area contributed by atoms with E-state index in [4.69, 9.17) is 0 Å². The van der Waals surface area contributed by atoms with Crippen molar-refractivity contribution in [2.45, 2.75) is 32.9 Å². The standard InChI is InChI=1S/C27H28N4O/c1-19-9-10-20(2)25(17-19)30-27(32)26(23-7-5-4-6-8-23)29-21(3)22-11-13-24(14-12-22)31-16-15-28-18-31/h4-18,21,26,29H,1-3H3,(H,30,32)/t21-,26+/m1/s1. The first-order chi connectivity index (χ1) is 15.5. The minimum absolute atomic E-state index is 0.0265. The van der Waals surface area contributed by atoms with Crippen molar-refractivity contribution in [3.8, 4) is 5.69 Å². The molecule has 0 fully saturated rings. The van der Waals surface area contributed by atoms with Crippen molar-refractivity contribution < 1.29 is 4.79 Å². The van der Waals surface area contributed by atoms with Gasteiger partial charge >= 0.3 is 0 Å². The van der Waals surface area contributed by atoms with Gasteiger partial charge in [-0.1, -0.05) is 54.6 Å². The van der Waals surface area contributed by atoms with Gasteiger partial charge in [0.2, 0.25) is 5.91 Å². The number of amides is 1. The Hall–Kier alpha value is -3.70. The number of hydrogen-bond donors (Lipinski definition) is 2. The van der Waals surface area contributed by atoms with Crippen LogP contribution in [-0.2, 0) is 4.79 Å². The first-order valence-corrected chi connectivity index (χ1v) is 10.8. The summed E-state index contributed by atoms with van der Waals surface area (Å²) in [7, 11) is 0. The van der Waals surface area contributed by atoms with Crippen molar-refractivity contribution in [1.29, 1.82) is 0 Å². The molecule has 0 aliphatic carbocycles. The summed E-state index contributed by atoms with van der Waals surface area (Å²) in [6.07, 6.45) is 5.45. The van der Waals surface area contributed by atoms with Crippen LogP contribution >= 0.6 is 0 Å². The summed E-state index contributed by atoms with van der Waals surface area (Å²) in [4.78, 5) is 17.5. The largest absolute Gasteiger partial charge is 0.324 e. The third-order valence-corrected chi connectivity index (χ3v) is 5.66. The van der Waals surface area contributed by atoms with E-state index in [-0.39, 0.29) is 11.9 Å². The fourth-order valence-corrected chi connectivity index (χ4v) is 3.74. The van der Waals surface area contributed by atoms with Crippen LogP contribution in [0.1, 0.15) is 41.3 Å². The summed E-state index contributed by atoms with van der Waals surface area (Å²) >= 11 is 0. The van der Waals surface area contributed by atoms with Crippen molar-refractivity contribution in [3.05, 3.63) is 114 Å². The fourth-order valence-electron chi connectivity index (χ4n) is 3.74. The van der Waals surface area contributed by atoms with Gasteiger partial charge in [-0.15, -0.1) is 0 Å². The van der Waals surface area contributed by atoms with Gasteiger partial charge < -0.3 is 9.88 Å². The smallest absolute Gasteiger partial charge is 0.246 e. The number of carbonyl (C=O) groups excluding carboxylic acids is 1. The van der Waals surface area contributed by atoms with Gasteiger partial charge in [0.25, 0.3) is 0 Å². The number of imidazole rings is 1. The minimum atomic E-state index is -0.487. The molecule has 1 amide bonds. The molecule has 2 atom stereocenters. The molecular formula is C27H28N4O. The second-order valence-corrected chi connectivity index (χ2v) is 8.10. The molecule has 0 saturated heterocycles. The lowest BCUT2D eigenvalue weighted by Crippen LogP contribution is -2.34. The molecule has 32 heavy (non-hydrogen) atoms. The molecule has 0 bridgehead atoms. The highest BCUT2D eigenvalue weighted by Gasteiger charge is 2.23. The van der Waals surface area contributed by atoms with Crippen LogP contribution in [0.5, 0.6) is 0 Å². The average Bonchev–Trinajstić information content (AvgIpc) is 3.35. The highest BCUT2D eigenvalue weighted by atomic mass is 16.2. The Morgan fingerprint density at radius 3 is 2.38 bits per heavy atom. The molecule has 0 saturated carbocycles. The number of rotatable bonds is 7. The minimum Gasteiger partial charge on any atom is -0.324 e. The lowest BCUT2D eigenvalue weighted by atomic mass is 10.0. The Labute approximate surface area is 189 Å². The molecule has 162 valence electrons. The summed E-state index contributed by atoms with van der Waals surface area (Å²) in [6, 6.07) is 23.7. The van der Waals surface area contributed by atoms with Gasteiger partial charge in [0.1, 0.15) is 6.04 Å².